The molecule has 0 aliphatic rings. The van der Waals surface area contributed by atoms with Gasteiger partial charge >= 0.3 is 6.18 Å². The van der Waals surface area contributed by atoms with Gasteiger partial charge in [0.05, 0.1) is 29.5 Å². The van der Waals surface area contributed by atoms with Crippen LogP contribution in [0.4, 0.5) is 13.2 Å². The van der Waals surface area contributed by atoms with Crippen LogP contribution in [0.5, 0.6) is 5.75 Å². The van der Waals surface area contributed by atoms with Crippen LogP contribution >= 0.6 is 11.6 Å². The van der Waals surface area contributed by atoms with Gasteiger partial charge in [0.2, 0.25) is 5.91 Å². The second kappa shape index (κ2) is 9.91. The SMILES string of the molecule is COc1ccc2c(c1)c(CC(=O)NS(=O)(=O)c1ccc(C(F)(F)F)cc1)cn2C(=O)c1ccc(Cl)cc1. The first-order chi connectivity index (χ1) is 17.4. The molecule has 0 saturated heterocycles. The van der Waals surface area contributed by atoms with Crippen LogP contribution in [0.3, 0.4) is 0 Å². The molecule has 0 aliphatic carbocycles. The number of carbonyl (C=O) groups excluding carboxylic acids is 2. The van der Waals surface area contributed by atoms with Crippen molar-refractivity contribution in [3.05, 3.63) is 94.6 Å². The summed E-state index contributed by atoms with van der Waals surface area (Å²) in [6, 6.07) is 13.8. The predicted molar refractivity (Wildman–Crippen MR) is 130 cm³/mol. The number of rotatable bonds is 6. The molecule has 12 heteroatoms. The third-order valence-electron chi connectivity index (χ3n) is 5.50. The molecule has 0 aliphatic heterocycles. The highest BCUT2D eigenvalue weighted by Gasteiger charge is 2.31. The number of aromatic nitrogens is 1. The van der Waals surface area contributed by atoms with Crippen molar-refractivity contribution in [3.63, 3.8) is 0 Å². The van der Waals surface area contributed by atoms with Gasteiger partial charge in [-0.1, -0.05) is 11.6 Å². The van der Waals surface area contributed by atoms with E-state index in [1.807, 2.05) is 4.72 Å². The number of nitrogens with one attached hydrogen (secondary N) is 1. The molecule has 4 rings (SSSR count). The number of alkyl halides is 3. The Kier molecular flexibility index (Phi) is 7.03. The van der Waals surface area contributed by atoms with Crippen molar-refractivity contribution in [2.24, 2.45) is 0 Å². The molecule has 1 amide bonds. The first-order valence-corrected chi connectivity index (χ1v) is 12.5. The van der Waals surface area contributed by atoms with Gasteiger partial charge in [0, 0.05) is 22.2 Å². The Morgan fingerprint density at radius 1 is 1.00 bits per heavy atom. The number of nitrogens with zero attached hydrogens (tertiary/aromatic N) is 1. The van der Waals surface area contributed by atoms with Gasteiger partial charge in [-0.3, -0.25) is 14.2 Å². The second-order valence-corrected chi connectivity index (χ2v) is 10.1. The van der Waals surface area contributed by atoms with Gasteiger partial charge in [-0.05, 0) is 72.3 Å². The molecular formula is C25H18ClF3N2O5S. The van der Waals surface area contributed by atoms with E-state index in [4.69, 9.17) is 16.3 Å². The Morgan fingerprint density at radius 2 is 1.65 bits per heavy atom. The van der Waals surface area contributed by atoms with Crippen LogP contribution in [0.2, 0.25) is 5.02 Å². The number of hydrogen-bond acceptors (Lipinski definition) is 5. The first kappa shape index (κ1) is 26.2. The number of hydrogen-bond donors (Lipinski definition) is 1. The lowest BCUT2D eigenvalue weighted by molar-refractivity contribution is -0.137. The molecule has 37 heavy (non-hydrogen) atoms. The molecule has 192 valence electrons. The van der Waals surface area contributed by atoms with E-state index in [1.165, 1.54) is 17.9 Å². The van der Waals surface area contributed by atoms with E-state index in [9.17, 15) is 31.2 Å². The van der Waals surface area contributed by atoms with E-state index in [0.717, 1.165) is 12.1 Å². The summed E-state index contributed by atoms with van der Waals surface area (Å²) in [5.41, 5.74) is 0.0911. The van der Waals surface area contributed by atoms with Crippen molar-refractivity contribution >= 4 is 44.3 Å². The summed E-state index contributed by atoms with van der Waals surface area (Å²) < 4.78 is 71.9. The highest BCUT2D eigenvalue weighted by atomic mass is 35.5. The molecule has 0 fully saturated rings. The lowest BCUT2D eigenvalue weighted by Gasteiger charge is -2.09. The molecule has 4 aromatic rings. The van der Waals surface area contributed by atoms with E-state index in [0.29, 0.717) is 44.9 Å². The van der Waals surface area contributed by atoms with Gasteiger partial charge < -0.3 is 4.74 Å². The van der Waals surface area contributed by atoms with Gasteiger partial charge in [-0.2, -0.15) is 13.2 Å². The number of halogens is 4. The monoisotopic (exact) mass is 550 g/mol. The number of sulfonamides is 1. The highest BCUT2D eigenvalue weighted by Crippen LogP contribution is 2.30. The average molecular weight is 551 g/mol. The maximum Gasteiger partial charge on any atom is 0.416 e. The minimum Gasteiger partial charge on any atom is -0.497 e. The lowest BCUT2D eigenvalue weighted by atomic mass is 10.1. The molecule has 0 atom stereocenters. The Balaban J connectivity index is 1.63. The van der Waals surface area contributed by atoms with Crippen molar-refractivity contribution < 1.29 is 35.9 Å². The summed E-state index contributed by atoms with van der Waals surface area (Å²) in [4.78, 5) is 25.3. The molecule has 1 aromatic heterocycles. The van der Waals surface area contributed by atoms with Gasteiger partial charge in [0.25, 0.3) is 15.9 Å². The molecule has 0 radical (unpaired) electrons. The number of fused-ring (bicyclic) bond motifs is 1. The maximum atomic E-state index is 13.1. The molecule has 7 nitrogen and oxygen atoms in total. The summed E-state index contributed by atoms with van der Waals surface area (Å²) in [6.45, 7) is 0. The van der Waals surface area contributed by atoms with Gasteiger partial charge in [0.15, 0.2) is 0 Å². The largest absolute Gasteiger partial charge is 0.497 e. The normalized spacial score (nSPS) is 11.9. The van der Waals surface area contributed by atoms with Crippen molar-refractivity contribution in [1.82, 2.24) is 9.29 Å². The molecule has 0 saturated carbocycles. The molecule has 3 aromatic carbocycles. The summed E-state index contributed by atoms with van der Waals surface area (Å²) in [6.07, 6.45) is -3.65. The zero-order valence-electron chi connectivity index (χ0n) is 19.0. The molecule has 0 spiro atoms. The summed E-state index contributed by atoms with van der Waals surface area (Å²) in [5.74, 6) is -0.903. The Bertz CT molecular complexity index is 1600. The number of benzene rings is 3. The van der Waals surface area contributed by atoms with Crippen molar-refractivity contribution in [3.8, 4) is 5.75 Å². The Hall–Kier alpha value is -3.83. The van der Waals surface area contributed by atoms with Crippen molar-refractivity contribution in [2.75, 3.05) is 7.11 Å². The van der Waals surface area contributed by atoms with Crippen LogP contribution in [0, 0.1) is 0 Å². The first-order valence-electron chi connectivity index (χ1n) is 10.6. The minimum absolute atomic E-state index is 0.330. The predicted octanol–water partition coefficient (Wildman–Crippen LogP) is 5.06. The van der Waals surface area contributed by atoms with Crippen LogP contribution in [0.1, 0.15) is 21.5 Å². The third kappa shape index (κ3) is 5.62. The molecule has 1 heterocycles. The fourth-order valence-electron chi connectivity index (χ4n) is 3.69. The van der Waals surface area contributed by atoms with Crippen molar-refractivity contribution in [1.29, 1.82) is 0 Å². The van der Waals surface area contributed by atoms with Gasteiger partial charge in [-0.25, -0.2) is 13.1 Å². The van der Waals surface area contributed by atoms with Crippen LogP contribution in [0.15, 0.2) is 77.8 Å². The number of amides is 1. The summed E-state index contributed by atoms with van der Waals surface area (Å²) in [5, 5.41) is 0.925. The second-order valence-electron chi connectivity index (χ2n) is 7.95. The van der Waals surface area contributed by atoms with Crippen LogP contribution in [-0.2, 0) is 27.4 Å². The zero-order valence-corrected chi connectivity index (χ0v) is 20.6. The van der Waals surface area contributed by atoms with E-state index < -0.39 is 44.9 Å². The fourth-order valence-corrected chi connectivity index (χ4v) is 4.80. The van der Waals surface area contributed by atoms with E-state index >= 15 is 0 Å². The van der Waals surface area contributed by atoms with Gasteiger partial charge in [0.1, 0.15) is 5.75 Å². The molecule has 1 N–H and O–H groups in total. The molecular weight excluding hydrogens is 533 g/mol. The standard InChI is InChI=1S/C25H18ClF3N2O5S/c1-36-19-8-11-22-21(13-19)16(14-31(22)24(33)15-2-6-18(26)7-3-15)12-23(32)30-37(34,35)20-9-4-17(5-10-20)25(27,28)29/h2-11,13-14H,12H2,1H3,(H,30,32). The lowest BCUT2D eigenvalue weighted by Crippen LogP contribution is -2.31. The van der Waals surface area contributed by atoms with Crippen LogP contribution in [0.25, 0.3) is 10.9 Å². The zero-order chi connectivity index (χ0) is 27.0. The van der Waals surface area contributed by atoms with Gasteiger partial charge in [-0.15, -0.1) is 0 Å². The Labute approximate surface area is 214 Å². The highest BCUT2D eigenvalue weighted by molar-refractivity contribution is 7.90. The quantitative estimate of drug-likeness (QED) is 0.362. The summed E-state index contributed by atoms with van der Waals surface area (Å²) in [7, 11) is -3.00. The van der Waals surface area contributed by atoms with Crippen molar-refractivity contribution in [2.45, 2.75) is 17.5 Å². The Morgan fingerprint density at radius 3 is 2.24 bits per heavy atom. The summed E-state index contributed by atoms with van der Waals surface area (Å²) >= 11 is 5.90. The average Bonchev–Trinajstić information content (AvgIpc) is 3.20. The van der Waals surface area contributed by atoms with Crippen LogP contribution < -0.4 is 9.46 Å². The van der Waals surface area contributed by atoms with E-state index in [-0.39, 0.29) is 0 Å². The smallest absolute Gasteiger partial charge is 0.416 e. The van der Waals surface area contributed by atoms with E-state index in [2.05, 4.69) is 0 Å². The fraction of sp³-hybridized carbons (Fsp3) is 0.120. The van der Waals surface area contributed by atoms with Crippen LogP contribution in [-0.4, -0.2) is 31.9 Å². The topological polar surface area (TPSA) is 94.5 Å². The molecule has 0 bridgehead atoms. The maximum absolute atomic E-state index is 13.1. The minimum atomic E-state index is -4.63. The number of ether oxygens (including phenoxy) is 1. The number of methoxy groups -OCH3 is 1. The van der Waals surface area contributed by atoms with E-state index in [1.54, 1.807) is 42.5 Å². The third-order valence-corrected chi connectivity index (χ3v) is 7.14. The molecule has 0 unspecified atom stereocenters. The number of carbonyl (C=O) groups is 2.